The maximum Gasteiger partial charge on any atom is 0.332 e. The van der Waals surface area contributed by atoms with Gasteiger partial charge in [-0.1, -0.05) is 50.6 Å². The Morgan fingerprint density at radius 3 is 2.80 bits per heavy atom. The zero-order valence-electron chi connectivity index (χ0n) is 22.4. The van der Waals surface area contributed by atoms with E-state index >= 15 is 0 Å². The van der Waals surface area contributed by atoms with E-state index in [2.05, 4.69) is 38.7 Å². The van der Waals surface area contributed by atoms with Crippen LogP contribution in [0.2, 0.25) is 0 Å². The van der Waals surface area contributed by atoms with E-state index in [4.69, 9.17) is 9.47 Å². The topological polar surface area (TPSA) is 76.0 Å². The van der Waals surface area contributed by atoms with E-state index in [-0.39, 0.29) is 24.1 Å². The molecule has 5 atom stereocenters. The molecule has 35 heavy (non-hydrogen) atoms. The maximum atomic E-state index is 12.4. The molecular formula is C30H46O5. The summed E-state index contributed by atoms with van der Waals surface area (Å²) in [5.41, 5.74) is 3.91. The van der Waals surface area contributed by atoms with Gasteiger partial charge in [0.2, 0.25) is 0 Å². The van der Waals surface area contributed by atoms with Gasteiger partial charge in [-0.05, 0) is 93.8 Å². The molecule has 2 saturated carbocycles. The highest BCUT2D eigenvalue weighted by molar-refractivity contribution is 5.71. The lowest BCUT2D eigenvalue weighted by Crippen LogP contribution is -2.36. The summed E-state index contributed by atoms with van der Waals surface area (Å²) in [6.07, 6.45) is 13.3. The summed E-state index contributed by atoms with van der Waals surface area (Å²) in [7, 11) is 0. The SMILES string of the molecule is C=C1/C(=C\C=C2/CCC[C@]3(C)C(C(C)OCC(=O)OC(C)(C)CCCC)=CC[C@@H]23)C[C@@H](O)C[C@@H]1O. The minimum atomic E-state index is -0.665. The molecule has 0 spiro atoms. The number of carbonyl (C=O) groups excluding carboxylic acids is 1. The van der Waals surface area contributed by atoms with Gasteiger partial charge in [-0.3, -0.25) is 0 Å². The highest BCUT2D eigenvalue weighted by Crippen LogP contribution is 2.55. The van der Waals surface area contributed by atoms with Gasteiger partial charge in [0, 0.05) is 6.42 Å². The first-order valence-corrected chi connectivity index (χ1v) is 13.5. The number of aliphatic hydroxyl groups excluding tert-OH is 2. The number of unbranched alkanes of at least 4 members (excludes halogenated alkanes) is 1. The fraction of sp³-hybridized carbons (Fsp3) is 0.700. The maximum absolute atomic E-state index is 12.4. The first kappa shape index (κ1) is 27.9. The third kappa shape index (κ3) is 6.75. The molecule has 0 aromatic carbocycles. The standard InChI is InChI=1S/C30H46O5/c1-7-8-15-29(4,5)35-28(33)19-34-21(3)25-13-14-26-22(10-9-16-30(25,26)6)11-12-23-17-24(31)18-27(32)20(23)2/h11-13,21,24,26-27,31-32H,2,7-10,14-19H2,1,3-6H3/b22-11+,23-12-/t21?,24-,26+,27+,30-/m1/s1. The fourth-order valence-electron chi connectivity index (χ4n) is 6.22. The second kappa shape index (κ2) is 11.6. The smallest absolute Gasteiger partial charge is 0.332 e. The lowest BCUT2D eigenvalue weighted by molar-refractivity contribution is -0.163. The zero-order chi connectivity index (χ0) is 25.8. The first-order chi connectivity index (χ1) is 16.5. The minimum Gasteiger partial charge on any atom is -0.458 e. The number of esters is 1. The molecule has 0 aromatic rings. The number of hydrogen-bond acceptors (Lipinski definition) is 5. The molecule has 0 aromatic heterocycles. The predicted molar refractivity (Wildman–Crippen MR) is 140 cm³/mol. The number of allylic oxidation sites excluding steroid dienone is 4. The van der Waals surface area contributed by atoms with E-state index < -0.39 is 17.8 Å². The lowest BCUT2D eigenvalue weighted by atomic mass is 9.63. The molecule has 5 nitrogen and oxygen atoms in total. The fourth-order valence-corrected chi connectivity index (χ4v) is 6.22. The van der Waals surface area contributed by atoms with Crippen LogP contribution in [0.3, 0.4) is 0 Å². The molecule has 0 heterocycles. The van der Waals surface area contributed by atoms with Crippen molar-refractivity contribution in [1.29, 1.82) is 0 Å². The number of carbonyl (C=O) groups is 1. The number of fused-ring (bicyclic) bond motifs is 1. The van der Waals surface area contributed by atoms with Gasteiger partial charge < -0.3 is 19.7 Å². The van der Waals surface area contributed by atoms with Crippen LogP contribution in [0, 0.1) is 11.3 Å². The van der Waals surface area contributed by atoms with Crippen molar-refractivity contribution >= 4 is 5.97 Å². The summed E-state index contributed by atoms with van der Waals surface area (Å²) in [4.78, 5) is 12.4. The molecule has 5 heteroatoms. The Morgan fingerprint density at radius 2 is 2.09 bits per heavy atom. The molecule has 3 aliphatic rings. The van der Waals surface area contributed by atoms with Crippen molar-refractivity contribution in [2.75, 3.05) is 6.61 Å². The van der Waals surface area contributed by atoms with Crippen LogP contribution in [-0.4, -0.2) is 46.7 Å². The largest absolute Gasteiger partial charge is 0.458 e. The third-order valence-corrected chi connectivity index (χ3v) is 8.29. The van der Waals surface area contributed by atoms with Crippen LogP contribution in [0.5, 0.6) is 0 Å². The van der Waals surface area contributed by atoms with E-state index in [1.165, 1.54) is 11.1 Å². The van der Waals surface area contributed by atoms with Gasteiger partial charge in [-0.2, -0.15) is 0 Å². The summed E-state index contributed by atoms with van der Waals surface area (Å²) in [5, 5.41) is 20.2. The van der Waals surface area contributed by atoms with E-state index in [0.717, 1.165) is 56.1 Å². The first-order valence-electron chi connectivity index (χ1n) is 13.5. The Hall–Kier alpha value is -1.69. The molecule has 0 radical (unpaired) electrons. The van der Waals surface area contributed by atoms with E-state index in [9.17, 15) is 15.0 Å². The van der Waals surface area contributed by atoms with Gasteiger partial charge in [0.05, 0.1) is 18.3 Å². The van der Waals surface area contributed by atoms with Crippen molar-refractivity contribution in [3.63, 3.8) is 0 Å². The van der Waals surface area contributed by atoms with Crippen LogP contribution < -0.4 is 0 Å². The van der Waals surface area contributed by atoms with Crippen molar-refractivity contribution in [3.8, 4) is 0 Å². The average Bonchev–Trinajstić information content (AvgIpc) is 3.14. The van der Waals surface area contributed by atoms with Crippen LogP contribution in [0.1, 0.15) is 92.4 Å². The predicted octanol–water partition coefficient (Wildman–Crippen LogP) is 5.96. The second-order valence-electron chi connectivity index (χ2n) is 11.6. The highest BCUT2D eigenvalue weighted by atomic mass is 16.6. The van der Waals surface area contributed by atoms with E-state index in [1.807, 2.05) is 20.8 Å². The Kier molecular flexibility index (Phi) is 9.22. The highest BCUT2D eigenvalue weighted by Gasteiger charge is 2.46. The Bertz CT molecular complexity index is 879. The molecule has 2 N–H and O–H groups in total. The summed E-state index contributed by atoms with van der Waals surface area (Å²) in [5.74, 6) is 0.104. The number of aliphatic hydroxyl groups is 2. The molecule has 0 saturated heterocycles. The average molecular weight is 487 g/mol. The Balaban J connectivity index is 1.63. The number of hydrogen-bond donors (Lipinski definition) is 2. The second-order valence-corrected chi connectivity index (χ2v) is 11.6. The normalized spacial score (nSPS) is 32.5. The van der Waals surface area contributed by atoms with Gasteiger partial charge in [-0.15, -0.1) is 0 Å². The van der Waals surface area contributed by atoms with Gasteiger partial charge in [0.25, 0.3) is 0 Å². The summed E-state index contributed by atoms with van der Waals surface area (Å²) in [6, 6.07) is 0. The monoisotopic (exact) mass is 486 g/mol. The Labute approximate surface area is 212 Å². The molecule has 196 valence electrons. The molecule has 2 fully saturated rings. The van der Waals surface area contributed by atoms with Gasteiger partial charge in [-0.25, -0.2) is 4.79 Å². The van der Waals surface area contributed by atoms with E-state index in [0.29, 0.717) is 18.8 Å². The summed E-state index contributed by atoms with van der Waals surface area (Å²) in [6.45, 7) is 14.4. The zero-order valence-corrected chi connectivity index (χ0v) is 22.4. The van der Waals surface area contributed by atoms with Crippen LogP contribution in [-0.2, 0) is 14.3 Å². The summed E-state index contributed by atoms with van der Waals surface area (Å²) < 4.78 is 11.7. The van der Waals surface area contributed by atoms with Crippen LogP contribution in [0.25, 0.3) is 0 Å². The molecule has 3 aliphatic carbocycles. The molecule has 3 rings (SSSR count). The van der Waals surface area contributed by atoms with Gasteiger partial charge in [0.15, 0.2) is 0 Å². The molecule has 0 bridgehead atoms. The Morgan fingerprint density at radius 1 is 1.34 bits per heavy atom. The minimum absolute atomic E-state index is 0.00884. The number of ether oxygens (including phenoxy) is 2. The van der Waals surface area contributed by atoms with Crippen LogP contribution in [0.15, 0.2) is 47.1 Å². The number of rotatable bonds is 9. The van der Waals surface area contributed by atoms with Gasteiger partial charge in [0.1, 0.15) is 12.2 Å². The van der Waals surface area contributed by atoms with Crippen molar-refractivity contribution in [2.45, 2.75) is 116 Å². The van der Waals surface area contributed by atoms with Crippen molar-refractivity contribution in [1.82, 2.24) is 0 Å². The van der Waals surface area contributed by atoms with Gasteiger partial charge >= 0.3 is 5.97 Å². The van der Waals surface area contributed by atoms with Crippen molar-refractivity contribution in [3.05, 3.63) is 47.1 Å². The molecule has 1 unspecified atom stereocenters. The van der Waals surface area contributed by atoms with Crippen LogP contribution in [0.4, 0.5) is 0 Å². The van der Waals surface area contributed by atoms with Crippen LogP contribution >= 0.6 is 0 Å². The van der Waals surface area contributed by atoms with Crippen molar-refractivity contribution < 1.29 is 24.5 Å². The molecular weight excluding hydrogens is 440 g/mol. The lowest BCUT2D eigenvalue weighted by Gasteiger charge is -2.42. The molecule has 0 amide bonds. The van der Waals surface area contributed by atoms with Crippen molar-refractivity contribution in [2.24, 2.45) is 11.3 Å². The quantitative estimate of drug-likeness (QED) is 0.310. The molecule has 0 aliphatic heterocycles. The van der Waals surface area contributed by atoms with E-state index in [1.54, 1.807) is 0 Å². The summed E-state index contributed by atoms with van der Waals surface area (Å²) >= 11 is 0. The third-order valence-electron chi connectivity index (χ3n) is 8.29.